The third-order valence-corrected chi connectivity index (χ3v) is 3.46. The summed E-state index contributed by atoms with van der Waals surface area (Å²) < 4.78 is 0. The standard InChI is InChI=1S/C14H26N2O3/c1-2-3-4-5-6-7-10-15-14(19)16-12(13(17)18)11-8-9-11/h11-12H,2-10H2,1H3,(H,17,18)(H2,15,16,19). The third-order valence-electron chi connectivity index (χ3n) is 3.46. The number of amides is 2. The van der Waals surface area contributed by atoms with Gasteiger partial charge in [-0.05, 0) is 25.2 Å². The first-order chi connectivity index (χ1) is 9.15. The number of urea groups is 1. The molecule has 1 fully saturated rings. The van der Waals surface area contributed by atoms with Crippen LogP contribution in [0.15, 0.2) is 0 Å². The fraction of sp³-hybridized carbons (Fsp3) is 0.857. The molecule has 1 unspecified atom stereocenters. The van der Waals surface area contributed by atoms with Crippen molar-refractivity contribution in [3.8, 4) is 0 Å². The highest BCUT2D eigenvalue weighted by Crippen LogP contribution is 2.32. The summed E-state index contributed by atoms with van der Waals surface area (Å²) in [7, 11) is 0. The SMILES string of the molecule is CCCCCCCCNC(=O)NC(C(=O)O)C1CC1. The highest BCUT2D eigenvalue weighted by molar-refractivity contribution is 5.83. The number of unbranched alkanes of at least 4 members (excludes halogenated alkanes) is 5. The van der Waals surface area contributed by atoms with Crippen LogP contribution < -0.4 is 10.6 Å². The van der Waals surface area contributed by atoms with E-state index >= 15 is 0 Å². The van der Waals surface area contributed by atoms with Gasteiger partial charge in [0.05, 0.1) is 0 Å². The van der Waals surface area contributed by atoms with Gasteiger partial charge in [-0.15, -0.1) is 0 Å². The fourth-order valence-corrected chi connectivity index (χ4v) is 2.11. The van der Waals surface area contributed by atoms with Crippen molar-refractivity contribution in [2.24, 2.45) is 5.92 Å². The van der Waals surface area contributed by atoms with E-state index in [0.29, 0.717) is 6.54 Å². The molecule has 1 aliphatic rings. The summed E-state index contributed by atoms with van der Waals surface area (Å²) in [5.74, 6) is -0.811. The molecule has 110 valence electrons. The second-order valence-electron chi connectivity index (χ2n) is 5.32. The summed E-state index contributed by atoms with van der Waals surface area (Å²) in [4.78, 5) is 22.5. The number of aliphatic carboxylic acids is 1. The molecule has 1 atom stereocenters. The van der Waals surface area contributed by atoms with E-state index in [1.165, 1.54) is 25.7 Å². The molecule has 0 saturated heterocycles. The van der Waals surface area contributed by atoms with Crippen LogP contribution in [0.25, 0.3) is 0 Å². The van der Waals surface area contributed by atoms with Crippen LogP contribution in [0.4, 0.5) is 4.79 Å². The Morgan fingerprint density at radius 2 is 1.79 bits per heavy atom. The molecule has 1 rings (SSSR count). The van der Waals surface area contributed by atoms with Gasteiger partial charge in [0.15, 0.2) is 0 Å². The molecule has 0 aromatic carbocycles. The second-order valence-corrected chi connectivity index (χ2v) is 5.32. The van der Waals surface area contributed by atoms with Crippen molar-refractivity contribution in [1.29, 1.82) is 0 Å². The minimum atomic E-state index is -0.933. The van der Waals surface area contributed by atoms with E-state index in [0.717, 1.165) is 25.7 Å². The van der Waals surface area contributed by atoms with Gasteiger partial charge in [-0.1, -0.05) is 39.0 Å². The number of carboxylic acid groups (broad SMARTS) is 1. The van der Waals surface area contributed by atoms with Crippen LogP contribution >= 0.6 is 0 Å². The Bertz CT molecular complexity index is 290. The molecule has 2 amide bonds. The Morgan fingerprint density at radius 3 is 2.37 bits per heavy atom. The molecule has 1 aliphatic carbocycles. The Hall–Kier alpha value is -1.26. The van der Waals surface area contributed by atoms with Crippen LogP contribution in [-0.2, 0) is 4.79 Å². The van der Waals surface area contributed by atoms with Crippen LogP contribution in [0.3, 0.4) is 0 Å². The average molecular weight is 270 g/mol. The average Bonchev–Trinajstić information content (AvgIpc) is 3.18. The van der Waals surface area contributed by atoms with Crippen LogP contribution in [0.1, 0.15) is 58.3 Å². The van der Waals surface area contributed by atoms with Crippen LogP contribution in [0.5, 0.6) is 0 Å². The molecule has 0 heterocycles. The van der Waals surface area contributed by atoms with Gasteiger partial charge in [0.2, 0.25) is 0 Å². The number of hydrogen-bond donors (Lipinski definition) is 3. The van der Waals surface area contributed by atoms with Crippen LogP contribution in [0, 0.1) is 5.92 Å². The lowest BCUT2D eigenvalue weighted by Crippen LogP contribution is -2.47. The maximum Gasteiger partial charge on any atom is 0.326 e. The summed E-state index contributed by atoms with van der Waals surface area (Å²) in [6.07, 6.45) is 8.84. The molecule has 0 spiro atoms. The van der Waals surface area contributed by atoms with Gasteiger partial charge < -0.3 is 15.7 Å². The number of carbonyl (C=O) groups excluding carboxylic acids is 1. The molecular formula is C14H26N2O3. The Morgan fingerprint density at radius 1 is 1.16 bits per heavy atom. The topological polar surface area (TPSA) is 78.4 Å². The number of hydrogen-bond acceptors (Lipinski definition) is 2. The molecule has 3 N–H and O–H groups in total. The van der Waals surface area contributed by atoms with E-state index in [1.54, 1.807) is 0 Å². The monoisotopic (exact) mass is 270 g/mol. The van der Waals surface area contributed by atoms with E-state index in [4.69, 9.17) is 5.11 Å². The molecule has 0 radical (unpaired) electrons. The van der Waals surface area contributed by atoms with Crippen molar-refractivity contribution in [1.82, 2.24) is 10.6 Å². The van der Waals surface area contributed by atoms with Crippen LogP contribution in [0.2, 0.25) is 0 Å². The fourth-order valence-electron chi connectivity index (χ4n) is 2.11. The lowest BCUT2D eigenvalue weighted by atomic mass is 10.1. The van der Waals surface area contributed by atoms with E-state index < -0.39 is 12.0 Å². The summed E-state index contributed by atoms with van der Waals surface area (Å²) in [5, 5.41) is 14.3. The molecule has 5 nitrogen and oxygen atoms in total. The number of rotatable bonds is 10. The zero-order valence-electron chi connectivity index (χ0n) is 11.8. The van der Waals surface area contributed by atoms with Crippen molar-refractivity contribution < 1.29 is 14.7 Å². The first-order valence-corrected chi connectivity index (χ1v) is 7.42. The van der Waals surface area contributed by atoms with Crippen molar-refractivity contribution >= 4 is 12.0 Å². The maximum absolute atomic E-state index is 11.5. The van der Waals surface area contributed by atoms with Gasteiger partial charge in [0.1, 0.15) is 6.04 Å². The minimum Gasteiger partial charge on any atom is -0.480 e. The van der Waals surface area contributed by atoms with Crippen molar-refractivity contribution in [3.05, 3.63) is 0 Å². The summed E-state index contributed by atoms with van der Waals surface area (Å²) in [6, 6.07) is -1.07. The molecule has 0 aliphatic heterocycles. The van der Waals surface area contributed by atoms with E-state index in [1.807, 2.05) is 0 Å². The first-order valence-electron chi connectivity index (χ1n) is 7.42. The van der Waals surface area contributed by atoms with E-state index in [-0.39, 0.29) is 11.9 Å². The van der Waals surface area contributed by atoms with Gasteiger partial charge in [-0.25, -0.2) is 9.59 Å². The Balaban J connectivity index is 2.02. The lowest BCUT2D eigenvalue weighted by molar-refractivity contribution is -0.139. The predicted octanol–water partition coefficient (Wildman–Crippen LogP) is 2.51. The van der Waals surface area contributed by atoms with Crippen molar-refractivity contribution in [3.63, 3.8) is 0 Å². The number of carboxylic acids is 1. The highest BCUT2D eigenvalue weighted by Gasteiger charge is 2.37. The van der Waals surface area contributed by atoms with E-state index in [9.17, 15) is 9.59 Å². The quantitative estimate of drug-likeness (QED) is 0.534. The second kappa shape index (κ2) is 8.77. The Labute approximate surface area is 115 Å². The first kappa shape index (κ1) is 15.8. The molecule has 5 heteroatoms. The molecule has 0 aromatic heterocycles. The smallest absolute Gasteiger partial charge is 0.326 e. The molecule has 19 heavy (non-hydrogen) atoms. The molecule has 1 saturated carbocycles. The summed E-state index contributed by atoms with van der Waals surface area (Å²) in [5.41, 5.74) is 0. The van der Waals surface area contributed by atoms with Crippen molar-refractivity contribution in [2.75, 3.05) is 6.54 Å². The van der Waals surface area contributed by atoms with Crippen LogP contribution in [-0.4, -0.2) is 29.7 Å². The van der Waals surface area contributed by atoms with E-state index in [2.05, 4.69) is 17.6 Å². The van der Waals surface area contributed by atoms with Crippen molar-refractivity contribution in [2.45, 2.75) is 64.3 Å². The Kier molecular flexibility index (Phi) is 7.30. The van der Waals surface area contributed by atoms with Gasteiger partial charge in [-0.2, -0.15) is 0 Å². The minimum absolute atomic E-state index is 0.122. The number of carbonyl (C=O) groups is 2. The zero-order valence-corrected chi connectivity index (χ0v) is 11.8. The molecular weight excluding hydrogens is 244 g/mol. The lowest BCUT2D eigenvalue weighted by Gasteiger charge is -2.14. The largest absolute Gasteiger partial charge is 0.480 e. The molecule has 0 bridgehead atoms. The van der Waals surface area contributed by atoms with Gasteiger partial charge in [0, 0.05) is 6.54 Å². The van der Waals surface area contributed by atoms with Gasteiger partial charge >= 0.3 is 12.0 Å². The molecule has 0 aromatic rings. The normalized spacial score (nSPS) is 15.8. The number of nitrogens with one attached hydrogen (secondary N) is 2. The summed E-state index contributed by atoms with van der Waals surface area (Å²) in [6.45, 7) is 2.81. The third kappa shape index (κ3) is 7.03. The summed E-state index contributed by atoms with van der Waals surface area (Å²) >= 11 is 0. The maximum atomic E-state index is 11.5. The highest BCUT2D eigenvalue weighted by atomic mass is 16.4. The van der Waals surface area contributed by atoms with Gasteiger partial charge in [-0.3, -0.25) is 0 Å². The predicted molar refractivity (Wildman–Crippen MR) is 74.1 cm³/mol. The zero-order chi connectivity index (χ0) is 14.1. The van der Waals surface area contributed by atoms with Gasteiger partial charge in [0.25, 0.3) is 0 Å².